The van der Waals surface area contributed by atoms with Gasteiger partial charge in [0.15, 0.2) is 16.3 Å². The summed E-state index contributed by atoms with van der Waals surface area (Å²) in [5.74, 6) is 1.27. The molecule has 4 aromatic rings. The summed E-state index contributed by atoms with van der Waals surface area (Å²) in [5.41, 5.74) is 3.28. The van der Waals surface area contributed by atoms with Gasteiger partial charge in [-0.2, -0.15) is 0 Å². The molecule has 0 atom stereocenters. The lowest BCUT2D eigenvalue weighted by Gasteiger charge is -2.12. The van der Waals surface area contributed by atoms with Crippen LogP contribution in [-0.4, -0.2) is 28.8 Å². The highest BCUT2D eigenvalue weighted by Crippen LogP contribution is 2.28. The van der Waals surface area contributed by atoms with Crippen molar-refractivity contribution in [2.75, 3.05) is 14.2 Å². The van der Waals surface area contributed by atoms with Crippen LogP contribution in [0.15, 0.2) is 65.6 Å². The standard InChI is InChI=1S/C22H19N3O3S/c1-27-18-9-7-14(11-19(18)28-2)12-25-13-15(8-10-20(25)26)21-16-5-3-4-6-17(16)23-22(29)24-21/h3-11,13H,12H2,1-2H3,(H,23,24,29). The third-order valence-corrected chi connectivity index (χ3v) is 4.89. The highest BCUT2D eigenvalue weighted by Gasteiger charge is 2.10. The SMILES string of the molecule is COc1ccc(Cn2cc(-c3nc(=S)[nH]c4ccccc34)ccc2=O)cc1OC. The molecule has 1 N–H and O–H groups in total. The van der Waals surface area contributed by atoms with Crippen LogP contribution >= 0.6 is 12.2 Å². The van der Waals surface area contributed by atoms with E-state index in [1.807, 2.05) is 48.7 Å². The molecule has 0 bridgehead atoms. The van der Waals surface area contributed by atoms with Gasteiger partial charge in [-0.05, 0) is 42.0 Å². The van der Waals surface area contributed by atoms with Crippen molar-refractivity contribution in [2.45, 2.75) is 6.54 Å². The third kappa shape index (κ3) is 3.77. The molecule has 0 radical (unpaired) electrons. The summed E-state index contributed by atoms with van der Waals surface area (Å²) in [4.78, 5) is 20.1. The van der Waals surface area contributed by atoms with Gasteiger partial charge in [-0.25, -0.2) is 4.98 Å². The second-order valence-corrected chi connectivity index (χ2v) is 6.90. The average Bonchev–Trinajstić information content (AvgIpc) is 2.74. The van der Waals surface area contributed by atoms with E-state index >= 15 is 0 Å². The van der Waals surface area contributed by atoms with Gasteiger partial charge in [0.2, 0.25) is 0 Å². The van der Waals surface area contributed by atoms with Crippen LogP contribution in [-0.2, 0) is 6.54 Å². The lowest BCUT2D eigenvalue weighted by Crippen LogP contribution is -2.19. The van der Waals surface area contributed by atoms with Gasteiger partial charge in [0.1, 0.15) is 0 Å². The van der Waals surface area contributed by atoms with Crippen LogP contribution in [0.25, 0.3) is 22.2 Å². The summed E-state index contributed by atoms with van der Waals surface area (Å²) in [5, 5.41) is 0.942. The Morgan fingerprint density at radius 3 is 2.62 bits per heavy atom. The molecule has 6 nitrogen and oxygen atoms in total. The van der Waals surface area contributed by atoms with Crippen molar-refractivity contribution in [3.8, 4) is 22.8 Å². The van der Waals surface area contributed by atoms with Crippen LogP contribution < -0.4 is 15.0 Å². The zero-order valence-corrected chi connectivity index (χ0v) is 16.8. The molecular weight excluding hydrogens is 386 g/mol. The molecule has 0 aliphatic heterocycles. The third-order valence-electron chi connectivity index (χ3n) is 4.69. The summed E-state index contributed by atoms with van der Waals surface area (Å²) in [7, 11) is 3.18. The fourth-order valence-corrected chi connectivity index (χ4v) is 3.50. The number of ether oxygens (including phenoxy) is 2. The molecule has 0 aliphatic rings. The maximum Gasteiger partial charge on any atom is 0.250 e. The molecule has 29 heavy (non-hydrogen) atoms. The summed E-state index contributed by atoms with van der Waals surface area (Å²) in [6.45, 7) is 0.394. The predicted octanol–water partition coefficient (Wildman–Crippen LogP) is 4.19. The largest absolute Gasteiger partial charge is 0.493 e. The molecule has 2 heterocycles. The van der Waals surface area contributed by atoms with E-state index in [1.165, 1.54) is 0 Å². The maximum atomic E-state index is 12.5. The second-order valence-electron chi connectivity index (χ2n) is 6.51. The molecular formula is C22H19N3O3S. The molecule has 0 fully saturated rings. The van der Waals surface area contributed by atoms with E-state index in [4.69, 9.17) is 21.7 Å². The first kappa shape index (κ1) is 18.9. The molecule has 0 aliphatic carbocycles. The Morgan fingerprint density at radius 1 is 1.03 bits per heavy atom. The van der Waals surface area contributed by atoms with Crippen molar-refractivity contribution in [3.05, 3.63) is 81.5 Å². The molecule has 146 valence electrons. The minimum Gasteiger partial charge on any atom is -0.493 e. The van der Waals surface area contributed by atoms with Gasteiger partial charge in [0.25, 0.3) is 5.56 Å². The van der Waals surface area contributed by atoms with E-state index in [0.717, 1.165) is 27.7 Å². The minimum atomic E-state index is -0.103. The van der Waals surface area contributed by atoms with Crippen molar-refractivity contribution in [2.24, 2.45) is 0 Å². The Morgan fingerprint density at radius 2 is 1.83 bits per heavy atom. The number of fused-ring (bicyclic) bond motifs is 1. The summed E-state index contributed by atoms with van der Waals surface area (Å²) >= 11 is 5.28. The van der Waals surface area contributed by atoms with Gasteiger partial charge in [-0.15, -0.1) is 0 Å². The molecule has 7 heteroatoms. The number of benzene rings is 2. The van der Waals surface area contributed by atoms with E-state index < -0.39 is 0 Å². The number of nitrogens with one attached hydrogen (secondary N) is 1. The number of pyridine rings is 1. The Kier molecular flexibility index (Phi) is 5.14. The van der Waals surface area contributed by atoms with E-state index in [9.17, 15) is 4.79 Å². The van der Waals surface area contributed by atoms with E-state index in [0.29, 0.717) is 22.8 Å². The highest BCUT2D eigenvalue weighted by molar-refractivity contribution is 7.71. The predicted molar refractivity (Wildman–Crippen MR) is 115 cm³/mol. The van der Waals surface area contributed by atoms with Crippen molar-refractivity contribution in [3.63, 3.8) is 0 Å². The summed E-state index contributed by atoms with van der Waals surface area (Å²) in [6, 6.07) is 16.7. The highest BCUT2D eigenvalue weighted by atomic mass is 32.1. The average molecular weight is 405 g/mol. The Bertz CT molecular complexity index is 1310. The van der Waals surface area contributed by atoms with Crippen LogP contribution in [0.2, 0.25) is 0 Å². The summed E-state index contributed by atoms with van der Waals surface area (Å²) in [6.07, 6.45) is 1.81. The number of H-pyrrole nitrogens is 1. The number of hydrogen-bond acceptors (Lipinski definition) is 5. The molecule has 2 aromatic heterocycles. The van der Waals surface area contributed by atoms with E-state index in [1.54, 1.807) is 30.9 Å². The van der Waals surface area contributed by atoms with Crippen molar-refractivity contribution in [1.82, 2.24) is 14.5 Å². The van der Waals surface area contributed by atoms with Crippen molar-refractivity contribution >= 4 is 23.1 Å². The smallest absolute Gasteiger partial charge is 0.250 e. The zero-order valence-electron chi connectivity index (χ0n) is 16.0. The number of aromatic nitrogens is 3. The molecule has 0 amide bonds. The second kappa shape index (κ2) is 7.89. The Labute approximate surface area is 172 Å². The Balaban J connectivity index is 1.78. The number of hydrogen-bond donors (Lipinski definition) is 1. The van der Waals surface area contributed by atoms with Crippen LogP contribution in [0.1, 0.15) is 5.56 Å². The molecule has 4 rings (SSSR count). The Hall–Kier alpha value is -3.45. The van der Waals surface area contributed by atoms with E-state index in [-0.39, 0.29) is 5.56 Å². The fourth-order valence-electron chi connectivity index (χ4n) is 3.29. The first-order chi connectivity index (χ1) is 14.1. The molecule has 0 unspecified atom stereocenters. The number of rotatable bonds is 5. The van der Waals surface area contributed by atoms with Crippen LogP contribution in [0.4, 0.5) is 0 Å². The van der Waals surface area contributed by atoms with E-state index in [2.05, 4.69) is 9.97 Å². The fraction of sp³-hybridized carbons (Fsp3) is 0.136. The number of aromatic amines is 1. The zero-order chi connectivity index (χ0) is 20.4. The van der Waals surface area contributed by atoms with Gasteiger partial charge in [0.05, 0.1) is 26.5 Å². The lowest BCUT2D eigenvalue weighted by molar-refractivity contribution is 0.354. The summed E-state index contributed by atoms with van der Waals surface area (Å²) < 4.78 is 12.7. The minimum absolute atomic E-state index is 0.103. The van der Waals surface area contributed by atoms with Crippen molar-refractivity contribution in [1.29, 1.82) is 0 Å². The van der Waals surface area contributed by atoms with Gasteiger partial charge in [-0.1, -0.05) is 24.3 Å². The quantitative estimate of drug-likeness (QED) is 0.504. The topological polar surface area (TPSA) is 69.1 Å². The van der Waals surface area contributed by atoms with Crippen molar-refractivity contribution < 1.29 is 9.47 Å². The number of methoxy groups -OCH3 is 2. The molecule has 0 saturated heterocycles. The molecule has 0 spiro atoms. The first-order valence-electron chi connectivity index (χ1n) is 9.00. The van der Waals surface area contributed by atoms with Crippen LogP contribution in [0.5, 0.6) is 11.5 Å². The van der Waals surface area contributed by atoms with Gasteiger partial charge >= 0.3 is 0 Å². The lowest BCUT2D eigenvalue weighted by atomic mass is 10.1. The number of nitrogens with zero attached hydrogens (tertiary/aromatic N) is 2. The van der Waals surface area contributed by atoms with Gasteiger partial charge in [-0.3, -0.25) is 4.79 Å². The van der Waals surface area contributed by atoms with Crippen LogP contribution in [0, 0.1) is 4.77 Å². The molecule has 2 aromatic carbocycles. The normalized spacial score (nSPS) is 10.8. The van der Waals surface area contributed by atoms with Gasteiger partial charge < -0.3 is 19.0 Å². The monoisotopic (exact) mass is 405 g/mol. The maximum absolute atomic E-state index is 12.5. The van der Waals surface area contributed by atoms with Crippen LogP contribution in [0.3, 0.4) is 0 Å². The first-order valence-corrected chi connectivity index (χ1v) is 9.40. The molecule has 0 saturated carbocycles. The van der Waals surface area contributed by atoms with Gasteiger partial charge in [0, 0.05) is 28.7 Å². The number of para-hydroxylation sites is 1.